The Morgan fingerprint density at radius 1 is 2.00 bits per heavy atom. The molecule has 0 bridgehead atoms. The van der Waals surface area contributed by atoms with Gasteiger partial charge in [-0.3, -0.25) is 0 Å². The first-order valence-electron chi connectivity index (χ1n) is 1.83. The van der Waals surface area contributed by atoms with E-state index in [2.05, 4.69) is 11.7 Å². The van der Waals surface area contributed by atoms with Crippen LogP contribution in [0, 0.1) is 0 Å². The summed E-state index contributed by atoms with van der Waals surface area (Å²) in [5, 5.41) is 3.85. The highest BCUT2D eigenvalue weighted by atomic mass is 15.7. The molecule has 0 saturated carbocycles. The summed E-state index contributed by atoms with van der Waals surface area (Å²) in [4.78, 5) is 0. The lowest BCUT2D eigenvalue weighted by molar-refractivity contribution is -0.700. The lowest BCUT2D eigenvalue weighted by Crippen LogP contribution is -2.10. The molecule has 1 aliphatic heterocycles. The van der Waals surface area contributed by atoms with Crippen molar-refractivity contribution in [2.45, 2.75) is 0 Å². The minimum Gasteiger partial charge on any atom is -0.124 e. The van der Waals surface area contributed by atoms with Gasteiger partial charge in [-0.25, -0.2) is 0 Å². The fourth-order valence-corrected chi connectivity index (χ4v) is 0.176. The summed E-state index contributed by atoms with van der Waals surface area (Å²) in [5.74, 6) is 0. The second kappa shape index (κ2) is 0.708. The number of rotatable bonds is 1. The molecule has 0 aromatic carbocycles. The molecule has 0 aromatic rings. The molecule has 1 atom stereocenters. The van der Waals surface area contributed by atoms with Crippen molar-refractivity contribution in [2.24, 2.45) is 5.10 Å². The third-order valence-corrected chi connectivity index (χ3v) is 0.849. The minimum absolute atomic E-state index is 0.583. The molecule has 0 N–H and O–H groups in total. The number of hydrogen-bond acceptors (Lipinski definition) is 1. The Bertz CT molecular complexity index is 98.1. The van der Waals surface area contributed by atoms with E-state index in [0.717, 1.165) is 0 Å². The third-order valence-electron chi connectivity index (χ3n) is 0.849. The lowest BCUT2D eigenvalue weighted by Gasteiger charge is -1.91. The monoisotopic (exact) mass is 83.1 g/mol. The van der Waals surface area contributed by atoms with Crippen LogP contribution in [0.25, 0.3) is 0 Å². The second-order valence-corrected chi connectivity index (χ2v) is 1.51. The molecule has 0 radical (unpaired) electrons. The summed E-state index contributed by atoms with van der Waals surface area (Å²) in [5.41, 5.74) is 0. The highest BCUT2D eigenvalue weighted by Gasteiger charge is 2.27. The standard InChI is InChI=1S/C4H7N2/c1-3-6(2)4-5-6/h3-4H,1H2,2H3/q+1. The quantitative estimate of drug-likeness (QED) is 0.410. The van der Waals surface area contributed by atoms with Crippen LogP contribution in [0.1, 0.15) is 0 Å². The number of nitrogens with zero attached hydrogens (tertiary/aromatic N) is 2. The zero-order chi connectivity index (χ0) is 4.62. The molecule has 2 nitrogen and oxygen atoms in total. The Morgan fingerprint density at radius 3 is 2.50 bits per heavy atom. The van der Waals surface area contributed by atoms with Gasteiger partial charge in [0.05, 0.1) is 0 Å². The van der Waals surface area contributed by atoms with Gasteiger partial charge in [-0.05, 0) is 11.7 Å². The first-order valence-corrected chi connectivity index (χ1v) is 1.83. The van der Waals surface area contributed by atoms with Gasteiger partial charge in [0.25, 0.3) is 6.34 Å². The molecule has 0 amide bonds. The van der Waals surface area contributed by atoms with E-state index >= 15 is 0 Å². The van der Waals surface area contributed by atoms with E-state index in [4.69, 9.17) is 0 Å². The van der Waals surface area contributed by atoms with Crippen LogP contribution in [0.2, 0.25) is 0 Å². The molecule has 0 fully saturated rings. The molecule has 0 saturated heterocycles. The summed E-state index contributed by atoms with van der Waals surface area (Å²) in [6.45, 7) is 3.54. The van der Waals surface area contributed by atoms with Crippen molar-refractivity contribution in [3.8, 4) is 0 Å². The van der Waals surface area contributed by atoms with Crippen LogP contribution in [0.3, 0.4) is 0 Å². The van der Waals surface area contributed by atoms with E-state index in [0.29, 0.717) is 4.59 Å². The fourth-order valence-electron chi connectivity index (χ4n) is 0.176. The Balaban J connectivity index is 2.52. The van der Waals surface area contributed by atoms with Gasteiger partial charge in [0.1, 0.15) is 13.2 Å². The van der Waals surface area contributed by atoms with Gasteiger partial charge in [-0.1, -0.05) is 0 Å². The topological polar surface area (TPSA) is 12.4 Å². The van der Waals surface area contributed by atoms with E-state index in [1.54, 1.807) is 6.20 Å². The summed E-state index contributed by atoms with van der Waals surface area (Å²) in [6, 6.07) is 0. The molecular formula is C4H7N2+. The van der Waals surface area contributed by atoms with E-state index in [-0.39, 0.29) is 0 Å². The van der Waals surface area contributed by atoms with Crippen LogP contribution in [-0.4, -0.2) is 18.0 Å². The molecule has 1 unspecified atom stereocenters. The van der Waals surface area contributed by atoms with Gasteiger partial charge >= 0.3 is 0 Å². The number of quaternary nitrogens is 1. The van der Waals surface area contributed by atoms with Crippen LogP contribution >= 0.6 is 0 Å². The Hall–Kier alpha value is -0.630. The Morgan fingerprint density at radius 2 is 2.50 bits per heavy atom. The smallest absolute Gasteiger partial charge is 0.124 e. The Kier molecular flexibility index (Phi) is 0.420. The highest BCUT2D eigenvalue weighted by molar-refractivity contribution is 5.54. The Labute approximate surface area is 37.0 Å². The highest BCUT2D eigenvalue weighted by Crippen LogP contribution is 2.10. The fraction of sp³-hybridized carbons (Fsp3) is 0.250. The SMILES string of the molecule is C=C[N+]1(C)C=N1. The molecular weight excluding hydrogens is 76.1 g/mol. The van der Waals surface area contributed by atoms with E-state index in [1.807, 2.05) is 13.4 Å². The van der Waals surface area contributed by atoms with Crippen molar-refractivity contribution < 1.29 is 4.59 Å². The van der Waals surface area contributed by atoms with Crippen LogP contribution in [0.15, 0.2) is 17.9 Å². The van der Waals surface area contributed by atoms with Crippen LogP contribution in [-0.2, 0) is 0 Å². The minimum atomic E-state index is 0.583. The van der Waals surface area contributed by atoms with Crippen LogP contribution in [0.4, 0.5) is 0 Å². The average Bonchev–Trinajstić information content (AvgIpc) is 2.22. The normalized spacial score (nSPS) is 39.5. The summed E-state index contributed by atoms with van der Waals surface area (Å²) >= 11 is 0. The summed E-state index contributed by atoms with van der Waals surface area (Å²) in [7, 11) is 1.95. The van der Waals surface area contributed by atoms with E-state index in [9.17, 15) is 0 Å². The van der Waals surface area contributed by atoms with Gasteiger partial charge < -0.3 is 0 Å². The van der Waals surface area contributed by atoms with Crippen molar-refractivity contribution in [1.82, 2.24) is 0 Å². The van der Waals surface area contributed by atoms with Gasteiger partial charge in [-0.15, -0.1) is 4.59 Å². The van der Waals surface area contributed by atoms with Crippen LogP contribution < -0.4 is 0 Å². The summed E-state index contributed by atoms with van der Waals surface area (Å²) < 4.78 is 0.583. The molecule has 1 aliphatic rings. The molecule has 0 spiro atoms. The van der Waals surface area contributed by atoms with E-state index < -0.39 is 0 Å². The summed E-state index contributed by atoms with van der Waals surface area (Å²) in [6.07, 6.45) is 3.58. The van der Waals surface area contributed by atoms with Gasteiger partial charge in [0.2, 0.25) is 0 Å². The maximum absolute atomic E-state index is 3.85. The van der Waals surface area contributed by atoms with Gasteiger partial charge in [0.15, 0.2) is 0 Å². The van der Waals surface area contributed by atoms with Crippen molar-refractivity contribution in [3.05, 3.63) is 12.8 Å². The molecule has 0 aliphatic carbocycles. The van der Waals surface area contributed by atoms with Crippen LogP contribution in [0.5, 0.6) is 0 Å². The molecule has 6 heavy (non-hydrogen) atoms. The zero-order valence-corrected chi connectivity index (χ0v) is 3.76. The first-order chi connectivity index (χ1) is 2.77. The predicted octanol–water partition coefficient (Wildman–Crippen LogP) is 0.533. The maximum Gasteiger partial charge on any atom is 0.272 e. The molecule has 0 aromatic heterocycles. The van der Waals surface area contributed by atoms with Gasteiger partial charge in [0, 0.05) is 0 Å². The van der Waals surface area contributed by atoms with Crippen molar-refractivity contribution >= 4 is 6.34 Å². The number of hydrogen-bond donors (Lipinski definition) is 0. The largest absolute Gasteiger partial charge is 0.272 e. The van der Waals surface area contributed by atoms with Gasteiger partial charge in [-0.2, -0.15) is 0 Å². The lowest BCUT2D eigenvalue weighted by atomic mass is 10.9. The average molecular weight is 83.1 g/mol. The molecule has 1 rings (SSSR count). The molecule has 1 heterocycles. The molecule has 32 valence electrons. The van der Waals surface area contributed by atoms with Crippen molar-refractivity contribution in [2.75, 3.05) is 7.05 Å². The zero-order valence-electron chi connectivity index (χ0n) is 3.76. The molecule has 2 heteroatoms. The first kappa shape index (κ1) is 3.56. The second-order valence-electron chi connectivity index (χ2n) is 1.51. The van der Waals surface area contributed by atoms with E-state index in [1.165, 1.54) is 0 Å². The van der Waals surface area contributed by atoms with Crippen molar-refractivity contribution in [3.63, 3.8) is 0 Å². The van der Waals surface area contributed by atoms with Crippen molar-refractivity contribution in [1.29, 1.82) is 0 Å². The third kappa shape index (κ3) is 0.348. The maximum atomic E-state index is 3.85. The predicted molar refractivity (Wildman–Crippen MR) is 24.9 cm³/mol.